The average molecular weight is 681 g/mol. The molecule has 0 radical (unpaired) electrons. The number of hydrogen-bond donors (Lipinski definition) is 4. The monoisotopic (exact) mass is 679 g/mol. The fourth-order valence-electron chi connectivity index (χ4n) is 5.46. The lowest BCUT2D eigenvalue weighted by molar-refractivity contribution is -0.252. The Morgan fingerprint density at radius 3 is 2.30 bits per heavy atom. The zero-order valence-corrected chi connectivity index (χ0v) is 27.4. The molecule has 12 heteroatoms. The van der Waals surface area contributed by atoms with Gasteiger partial charge in [0.15, 0.2) is 11.4 Å². The zero-order valence-electron chi connectivity index (χ0n) is 25.9. The molecule has 1 fully saturated rings. The van der Waals surface area contributed by atoms with E-state index in [4.69, 9.17) is 38.4 Å². The Morgan fingerprint density at radius 2 is 1.62 bits per heavy atom. The minimum absolute atomic E-state index is 0.0389. The number of unbranched alkanes of at least 4 members (excludes halogenated alkanes) is 3. The molecule has 0 saturated carbocycles. The molecule has 3 aromatic carbocycles. The van der Waals surface area contributed by atoms with Crippen molar-refractivity contribution in [2.45, 2.75) is 76.6 Å². The van der Waals surface area contributed by atoms with E-state index in [0.717, 1.165) is 36.0 Å². The molecule has 0 aliphatic carbocycles. The minimum Gasteiger partial charge on any atom is -0.397 e. The van der Waals surface area contributed by atoms with Crippen LogP contribution in [-0.2, 0) is 32.2 Å². The van der Waals surface area contributed by atoms with Gasteiger partial charge in [0.05, 0.1) is 43.1 Å². The van der Waals surface area contributed by atoms with Crippen LogP contribution in [0.4, 0.5) is 17.1 Å². The number of anilines is 3. The summed E-state index contributed by atoms with van der Waals surface area (Å²) in [6.07, 6.45) is 4.77. The second kappa shape index (κ2) is 16.8. The number of nitrogens with two attached hydrogens (primary N) is 1. The van der Waals surface area contributed by atoms with Gasteiger partial charge in [-0.3, -0.25) is 9.59 Å². The smallest absolute Gasteiger partial charge is 0.224 e. The molecular weight excluding hydrogens is 641 g/mol. The van der Waals surface area contributed by atoms with E-state index >= 15 is 0 Å². The molecule has 1 saturated heterocycles. The van der Waals surface area contributed by atoms with E-state index in [1.165, 1.54) is 0 Å². The highest BCUT2D eigenvalue weighted by Crippen LogP contribution is 2.39. The van der Waals surface area contributed by atoms with Gasteiger partial charge in [-0.2, -0.15) is 0 Å². The Hall–Kier alpha value is -3.93. The lowest BCUT2D eigenvalue weighted by atomic mass is 10.00. The number of para-hydroxylation sites is 2. The summed E-state index contributed by atoms with van der Waals surface area (Å²) < 4.78 is 14.6. The summed E-state index contributed by atoms with van der Waals surface area (Å²) in [6, 6.07) is 22.3. The van der Waals surface area contributed by atoms with Crippen molar-refractivity contribution >= 4 is 52.1 Å². The molecule has 10 nitrogen and oxygen atoms in total. The van der Waals surface area contributed by atoms with Crippen molar-refractivity contribution in [1.29, 1.82) is 0 Å². The molecule has 1 aromatic heterocycles. The van der Waals surface area contributed by atoms with Crippen LogP contribution in [0.1, 0.15) is 74.0 Å². The van der Waals surface area contributed by atoms with Crippen molar-refractivity contribution < 1.29 is 24.2 Å². The summed E-state index contributed by atoms with van der Waals surface area (Å²) in [5.74, 6) is -0.158. The van der Waals surface area contributed by atoms with Crippen LogP contribution in [0.5, 0.6) is 0 Å². The maximum absolute atomic E-state index is 12.8. The normalized spacial score (nSPS) is 17.7. The molecule has 3 atom stereocenters. The molecule has 5 N–H and O–H groups in total. The Bertz CT molecular complexity index is 1650. The highest BCUT2D eigenvalue weighted by atomic mass is 35.5. The van der Waals surface area contributed by atoms with Crippen molar-refractivity contribution in [3.63, 3.8) is 0 Å². The number of halogens is 2. The van der Waals surface area contributed by atoms with E-state index in [2.05, 4.69) is 15.6 Å². The molecule has 47 heavy (non-hydrogen) atoms. The highest BCUT2D eigenvalue weighted by molar-refractivity contribution is 6.40. The van der Waals surface area contributed by atoms with Crippen LogP contribution in [0.3, 0.4) is 0 Å². The number of aliphatic hydroxyl groups is 1. The SMILES string of the molecule is Nc1ccccc1NC(=O)CCCCCCC(=O)Nc1cccc([C@@H]2O[C@H](Cn3cnc(Cl)c3Cl)C[C@H](c3ccc(CO)cc3)O2)c1. The van der Waals surface area contributed by atoms with Crippen LogP contribution >= 0.6 is 23.2 Å². The van der Waals surface area contributed by atoms with Crippen LogP contribution in [-0.4, -0.2) is 32.6 Å². The Balaban J connectivity index is 1.13. The van der Waals surface area contributed by atoms with Gasteiger partial charge in [0.2, 0.25) is 11.8 Å². The maximum Gasteiger partial charge on any atom is 0.224 e. The van der Waals surface area contributed by atoms with Crippen molar-refractivity contribution in [2.24, 2.45) is 0 Å². The third-order valence-corrected chi connectivity index (χ3v) is 8.75. The third-order valence-electron chi connectivity index (χ3n) is 7.98. The summed E-state index contributed by atoms with van der Waals surface area (Å²) in [4.78, 5) is 29.0. The van der Waals surface area contributed by atoms with Crippen LogP contribution in [0, 0.1) is 0 Å². The standard InChI is InChI=1S/C35H39Cl2N5O5/c36-33-34(37)42(22-39-33)20-27-19-30(24-16-14-23(21-43)15-17-24)47-35(46-27)25-8-7-9-26(18-25)40-31(44)12-3-1-2-4-13-32(45)41-29-11-6-5-10-28(29)38/h5-11,14-18,22,27,30,35,43H,1-4,12-13,19-21,38H2,(H,40,44)(H,41,45)/t27-,30+,35+/m0/s1. The predicted molar refractivity (Wildman–Crippen MR) is 183 cm³/mol. The van der Waals surface area contributed by atoms with Crippen LogP contribution in [0.2, 0.25) is 10.3 Å². The van der Waals surface area contributed by atoms with Gasteiger partial charge < -0.3 is 35.5 Å². The second-order valence-electron chi connectivity index (χ2n) is 11.6. The molecule has 2 amide bonds. The van der Waals surface area contributed by atoms with Gasteiger partial charge in [-0.15, -0.1) is 0 Å². The summed E-state index contributed by atoms with van der Waals surface area (Å²) in [5.41, 5.74) is 10.2. The first-order chi connectivity index (χ1) is 22.8. The Morgan fingerprint density at radius 1 is 0.894 bits per heavy atom. The van der Waals surface area contributed by atoms with E-state index in [1.807, 2.05) is 60.7 Å². The third kappa shape index (κ3) is 9.79. The number of nitrogen functional groups attached to an aromatic ring is 1. The minimum atomic E-state index is -0.707. The van der Waals surface area contributed by atoms with Crippen molar-refractivity contribution in [3.8, 4) is 0 Å². The number of aromatic nitrogens is 2. The fraction of sp³-hybridized carbons (Fsp3) is 0.343. The number of hydrogen-bond acceptors (Lipinski definition) is 7. The zero-order chi connectivity index (χ0) is 33.2. The molecule has 0 bridgehead atoms. The van der Waals surface area contributed by atoms with Gasteiger partial charge in [0.1, 0.15) is 5.15 Å². The molecule has 0 spiro atoms. The number of ether oxygens (including phenoxy) is 2. The molecular formula is C35H39Cl2N5O5. The molecule has 0 unspecified atom stereocenters. The molecule has 248 valence electrons. The highest BCUT2D eigenvalue weighted by Gasteiger charge is 2.33. The molecule has 5 rings (SSSR count). The first-order valence-corrected chi connectivity index (χ1v) is 16.5. The van der Waals surface area contributed by atoms with Gasteiger partial charge in [0.25, 0.3) is 0 Å². The number of carbonyl (C=O) groups excluding carboxylic acids is 2. The first-order valence-electron chi connectivity index (χ1n) is 15.7. The largest absolute Gasteiger partial charge is 0.397 e. The second-order valence-corrected chi connectivity index (χ2v) is 12.3. The van der Waals surface area contributed by atoms with Crippen molar-refractivity contribution in [3.05, 3.63) is 106 Å². The molecule has 1 aliphatic heterocycles. The number of benzene rings is 3. The fourth-order valence-corrected chi connectivity index (χ4v) is 5.77. The van der Waals surface area contributed by atoms with Gasteiger partial charge >= 0.3 is 0 Å². The summed E-state index contributed by atoms with van der Waals surface area (Å²) in [5, 5.41) is 15.9. The summed E-state index contributed by atoms with van der Waals surface area (Å²) in [7, 11) is 0. The average Bonchev–Trinajstić information content (AvgIpc) is 3.39. The van der Waals surface area contributed by atoms with E-state index in [-0.39, 0.29) is 35.8 Å². The number of rotatable bonds is 14. The van der Waals surface area contributed by atoms with Gasteiger partial charge in [-0.25, -0.2) is 4.98 Å². The van der Waals surface area contributed by atoms with E-state index in [9.17, 15) is 14.7 Å². The van der Waals surface area contributed by atoms with Gasteiger partial charge in [0, 0.05) is 30.5 Å². The number of nitrogens with one attached hydrogen (secondary N) is 2. The predicted octanol–water partition coefficient (Wildman–Crippen LogP) is 7.43. The van der Waals surface area contributed by atoms with Crippen LogP contribution < -0.4 is 16.4 Å². The van der Waals surface area contributed by atoms with Crippen LogP contribution in [0.25, 0.3) is 0 Å². The Kier molecular flexibility index (Phi) is 12.3. The Labute approximate surface area is 284 Å². The molecule has 1 aliphatic rings. The maximum atomic E-state index is 12.8. The van der Waals surface area contributed by atoms with Crippen molar-refractivity contribution in [2.75, 3.05) is 16.4 Å². The van der Waals surface area contributed by atoms with E-state index in [1.54, 1.807) is 23.0 Å². The number of imidazole rings is 1. The van der Waals surface area contributed by atoms with Gasteiger partial charge in [-0.1, -0.05) is 84.6 Å². The van der Waals surface area contributed by atoms with Crippen LogP contribution in [0.15, 0.2) is 79.1 Å². The quantitative estimate of drug-likeness (QED) is 0.0802. The topological polar surface area (TPSA) is 141 Å². The number of amides is 2. The van der Waals surface area contributed by atoms with Gasteiger partial charge in [-0.05, 0) is 48.2 Å². The number of nitrogens with zero attached hydrogens (tertiary/aromatic N) is 2. The molecule has 4 aromatic rings. The van der Waals surface area contributed by atoms with E-state index in [0.29, 0.717) is 54.4 Å². The van der Waals surface area contributed by atoms with E-state index < -0.39 is 6.29 Å². The summed E-state index contributed by atoms with van der Waals surface area (Å²) >= 11 is 12.4. The van der Waals surface area contributed by atoms with Crippen molar-refractivity contribution in [1.82, 2.24) is 9.55 Å². The lowest BCUT2D eigenvalue weighted by Gasteiger charge is -2.36. The lowest BCUT2D eigenvalue weighted by Crippen LogP contribution is -2.32. The summed E-state index contributed by atoms with van der Waals surface area (Å²) in [6.45, 7) is 0.384. The number of carbonyl (C=O) groups is 2. The number of aliphatic hydroxyl groups excluding tert-OH is 1. The first kappa shape index (κ1) is 34.4. The molecule has 2 heterocycles.